The Bertz CT molecular complexity index is 1290. The monoisotopic (exact) mass is 410 g/mol. The lowest BCUT2D eigenvalue weighted by Gasteiger charge is -2.10. The summed E-state index contributed by atoms with van der Waals surface area (Å²) < 4.78 is 7.70. The van der Waals surface area contributed by atoms with Crippen LogP contribution >= 0.6 is 11.3 Å². The van der Waals surface area contributed by atoms with Crippen LogP contribution in [0.2, 0.25) is 0 Å². The molecule has 3 aromatic carbocycles. The van der Waals surface area contributed by atoms with E-state index >= 15 is 0 Å². The lowest BCUT2D eigenvalue weighted by molar-refractivity contribution is 0.0740. The summed E-state index contributed by atoms with van der Waals surface area (Å²) in [6, 6.07) is 29.6. The van der Waals surface area contributed by atoms with E-state index in [9.17, 15) is 4.79 Å². The van der Waals surface area contributed by atoms with Gasteiger partial charge in [-0.2, -0.15) is 0 Å². The Morgan fingerprint density at radius 2 is 1.63 bits per heavy atom. The van der Waals surface area contributed by atoms with Crippen LogP contribution < -0.4 is 4.74 Å². The van der Waals surface area contributed by atoms with E-state index in [0.717, 1.165) is 29.0 Å². The quantitative estimate of drug-likeness (QED) is 0.262. The summed E-state index contributed by atoms with van der Waals surface area (Å²) in [6.07, 6.45) is 0. The molecule has 0 saturated carbocycles. The number of benzene rings is 3. The van der Waals surface area contributed by atoms with Crippen molar-refractivity contribution in [1.82, 2.24) is 9.55 Å². The first-order chi connectivity index (χ1) is 14.8. The van der Waals surface area contributed by atoms with E-state index in [1.807, 2.05) is 72.1 Å². The number of imidazole rings is 1. The van der Waals surface area contributed by atoms with Gasteiger partial charge in [0.05, 0.1) is 11.0 Å². The molecule has 4 nitrogen and oxygen atoms in total. The number of esters is 1. The average molecular weight is 410 g/mol. The number of thiophene rings is 1. The molecule has 0 aliphatic rings. The molecule has 5 rings (SSSR count). The number of carbonyl (C=O) groups excluding carboxylic acids is 1. The van der Waals surface area contributed by atoms with Crippen molar-refractivity contribution in [3.05, 3.63) is 107 Å². The van der Waals surface area contributed by atoms with Crippen LogP contribution in [0.4, 0.5) is 0 Å². The van der Waals surface area contributed by atoms with E-state index < -0.39 is 0 Å². The number of aromatic nitrogens is 2. The summed E-state index contributed by atoms with van der Waals surface area (Å²) in [5.74, 6) is 1.06. The maximum absolute atomic E-state index is 12.2. The van der Waals surface area contributed by atoms with Crippen LogP contribution in [0.15, 0.2) is 96.4 Å². The van der Waals surface area contributed by atoms with Crippen molar-refractivity contribution in [2.24, 2.45) is 0 Å². The molecular formula is C25H18N2O2S. The molecule has 0 amide bonds. The topological polar surface area (TPSA) is 44.1 Å². The van der Waals surface area contributed by atoms with Crippen molar-refractivity contribution in [1.29, 1.82) is 0 Å². The van der Waals surface area contributed by atoms with Crippen molar-refractivity contribution >= 4 is 28.3 Å². The Kier molecular flexibility index (Phi) is 4.87. The fourth-order valence-electron chi connectivity index (χ4n) is 3.45. The Morgan fingerprint density at radius 3 is 2.40 bits per heavy atom. The molecule has 0 aliphatic carbocycles. The fourth-order valence-corrected chi connectivity index (χ4v) is 4.04. The van der Waals surface area contributed by atoms with Gasteiger partial charge < -0.3 is 9.30 Å². The van der Waals surface area contributed by atoms with Crippen molar-refractivity contribution in [2.75, 3.05) is 0 Å². The second kappa shape index (κ2) is 7.97. The van der Waals surface area contributed by atoms with Crippen molar-refractivity contribution < 1.29 is 9.53 Å². The standard InChI is InChI=1S/C25H18N2O2S/c28-25(23-11-6-16-30-23)29-20-14-12-19(13-15-20)24-26-21-9-4-5-10-22(21)27(24)17-18-7-2-1-3-8-18/h1-16H,17H2. The zero-order valence-corrected chi connectivity index (χ0v) is 16.9. The number of nitrogens with zero attached hydrogens (tertiary/aromatic N) is 2. The molecule has 146 valence electrons. The van der Waals surface area contributed by atoms with Crippen LogP contribution in [-0.2, 0) is 6.54 Å². The second-order valence-electron chi connectivity index (χ2n) is 6.89. The minimum atomic E-state index is -0.339. The van der Waals surface area contributed by atoms with Crippen LogP contribution in [0.1, 0.15) is 15.2 Å². The minimum absolute atomic E-state index is 0.339. The molecule has 30 heavy (non-hydrogen) atoms. The first kappa shape index (κ1) is 18.3. The highest BCUT2D eigenvalue weighted by Crippen LogP contribution is 2.28. The summed E-state index contributed by atoms with van der Waals surface area (Å²) in [6.45, 7) is 0.728. The highest BCUT2D eigenvalue weighted by Gasteiger charge is 2.14. The lowest BCUT2D eigenvalue weighted by Crippen LogP contribution is -2.06. The highest BCUT2D eigenvalue weighted by atomic mass is 32.1. The SMILES string of the molecule is O=C(Oc1ccc(-c2nc3ccccc3n2Cc2ccccc2)cc1)c1cccs1. The number of ether oxygens (including phenoxy) is 1. The number of hydrogen-bond acceptors (Lipinski definition) is 4. The van der Waals surface area contributed by atoms with Gasteiger partial charge in [-0.05, 0) is 53.4 Å². The molecule has 0 bridgehead atoms. The fraction of sp³-hybridized carbons (Fsp3) is 0.0400. The van der Waals surface area contributed by atoms with Crippen LogP contribution in [0.25, 0.3) is 22.4 Å². The maximum atomic E-state index is 12.2. The zero-order chi connectivity index (χ0) is 20.3. The molecule has 0 saturated heterocycles. The summed E-state index contributed by atoms with van der Waals surface area (Å²) in [5, 5.41) is 1.86. The van der Waals surface area contributed by atoms with E-state index in [-0.39, 0.29) is 5.97 Å². The molecule has 0 spiro atoms. The molecule has 5 aromatic rings. The van der Waals surface area contributed by atoms with Gasteiger partial charge in [-0.1, -0.05) is 48.5 Å². The average Bonchev–Trinajstić information content (AvgIpc) is 3.44. The number of fused-ring (bicyclic) bond motifs is 1. The lowest BCUT2D eigenvalue weighted by atomic mass is 10.2. The smallest absolute Gasteiger partial charge is 0.353 e. The van der Waals surface area contributed by atoms with E-state index in [1.165, 1.54) is 16.9 Å². The van der Waals surface area contributed by atoms with Gasteiger partial charge in [-0.3, -0.25) is 0 Å². The summed E-state index contributed by atoms with van der Waals surface area (Å²) in [4.78, 5) is 17.6. The maximum Gasteiger partial charge on any atom is 0.353 e. The van der Waals surface area contributed by atoms with Crippen molar-refractivity contribution in [2.45, 2.75) is 6.54 Å². The third-order valence-corrected chi connectivity index (χ3v) is 5.73. The van der Waals surface area contributed by atoms with Gasteiger partial charge in [0.15, 0.2) is 0 Å². The largest absolute Gasteiger partial charge is 0.422 e. The molecule has 2 heterocycles. The van der Waals surface area contributed by atoms with E-state index in [4.69, 9.17) is 9.72 Å². The number of hydrogen-bond donors (Lipinski definition) is 0. The molecule has 2 aromatic heterocycles. The van der Waals surface area contributed by atoms with Gasteiger partial charge in [0.25, 0.3) is 0 Å². The molecular weight excluding hydrogens is 392 g/mol. The summed E-state index contributed by atoms with van der Waals surface area (Å²) in [5.41, 5.74) is 4.22. The number of carbonyl (C=O) groups is 1. The van der Waals surface area contributed by atoms with E-state index in [0.29, 0.717) is 10.6 Å². The van der Waals surface area contributed by atoms with Crippen LogP contribution in [-0.4, -0.2) is 15.5 Å². The number of para-hydroxylation sites is 2. The van der Waals surface area contributed by atoms with E-state index in [2.05, 4.69) is 22.8 Å². The van der Waals surface area contributed by atoms with Gasteiger partial charge in [0.2, 0.25) is 0 Å². The molecule has 0 fully saturated rings. The Balaban J connectivity index is 1.48. The molecule has 0 radical (unpaired) electrons. The van der Waals surface area contributed by atoms with Crippen molar-refractivity contribution in [3.8, 4) is 17.1 Å². The molecule has 0 unspecified atom stereocenters. The molecule has 0 atom stereocenters. The van der Waals surface area contributed by atoms with Gasteiger partial charge >= 0.3 is 5.97 Å². The zero-order valence-electron chi connectivity index (χ0n) is 16.1. The Hall–Kier alpha value is -3.70. The Labute approximate surface area is 178 Å². The predicted molar refractivity (Wildman–Crippen MR) is 120 cm³/mol. The van der Waals surface area contributed by atoms with E-state index in [1.54, 1.807) is 6.07 Å². The molecule has 0 aliphatic heterocycles. The van der Waals surface area contributed by atoms with Gasteiger partial charge in [0, 0.05) is 12.1 Å². The summed E-state index contributed by atoms with van der Waals surface area (Å²) in [7, 11) is 0. The predicted octanol–water partition coefficient (Wildman–Crippen LogP) is 6.03. The highest BCUT2D eigenvalue weighted by molar-refractivity contribution is 7.12. The minimum Gasteiger partial charge on any atom is -0.422 e. The van der Waals surface area contributed by atoms with Gasteiger partial charge in [-0.15, -0.1) is 11.3 Å². The first-order valence-corrected chi connectivity index (χ1v) is 10.5. The first-order valence-electron chi connectivity index (χ1n) is 9.63. The van der Waals surface area contributed by atoms with Gasteiger partial charge in [-0.25, -0.2) is 9.78 Å². The van der Waals surface area contributed by atoms with Crippen molar-refractivity contribution in [3.63, 3.8) is 0 Å². The summed E-state index contributed by atoms with van der Waals surface area (Å²) >= 11 is 1.37. The van der Waals surface area contributed by atoms with Crippen LogP contribution in [0.3, 0.4) is 0 Å². The molecule has 5 heteroatoms. The third-order valence-electron chi connectivity index (χ3n) is 4.88. The number of rotatable bonds is 5. The van der Waals surface area contributed by atoms with Gasteiger partial charge in [0.1, 0.15) is 16.5 Å². The molecule has 0 N–H and O–H groups in total. The third kappa shape index (κ3) is 3.63. The normalized spacial score (nSPS) is 10.9. The van der Waals surface area contributed by atoms with Crippen LogP contribution in [0.5, 0.6) is 5.75 Å². The van der Waals surface area contributed by atoms with Crippen LogP contribution in [0, 0.1) is 0 Å². The second-order valence-corrected chi connectivity index (χ2v) is 7.83. The Morgan fingerprint density at radius 1 is 0.867 bits per heavy atom.